The van der Waals surface area contributed by atoms with Crippen LogP contribution in [0.5, 0.6) is 11.8 Å². The summed E-state index contributed by atoms with van der Waals surface area (Å²) in [4.78, 5) is 11.7. The first-order valence-corrected chi connectivity index (χ1v) is 12.4. The number of hydrogen-bond donors (Lipinski definition) is 3. The normalized spacial score (nSPS) is 25.9. The Morgan fingerprint density at radius 3 is 2.59 bits per heavy atom. The number of aliphatic hydroxyl groups excluding tert-OH is 1. The number of ether oxygens (including phenoxy) is 5. The van der Waals surface area contributed by atoms with E-state index in [1.54, 1.807) is 6.07 Å². The fourth-order valence-corrected chi connectivity index (χ4v) is 4.96. The summed E-state index contributed by atoms with van der Waals surface area (Å²) in [5, 5.41) is 13.0. The van der Waals surface area contributed by atoms with Gasteiger partial charge in [-0.1, -0.05) is 11.6 Å². The van der Waals surface area contributed by atoms with E-state index in [-0.39, 0.29) is 54.0 Å². The van der Waals surface area contributed by atoms with Crippen molar-refractivity contribution in [3.05, 3.63) is 40.4 Å². The molecule has 0 radical (unpaired) electrons. The fraction of sp³-hybridized carbons (Fsp3) is 0.500. The summed E-state index contributed by atoms with van der Waals surface area (Å²) in [6.07, 6.45) is -0.740. The molecule has 0 bridgehead atoms. The Morgan fingerprint density at radius 1 is 1.05 bits per heavy atom. The number of nitrogens with zero attached hydrogens (tertiary/aromatic N) is 2. The molecule has 3 aliphatic heterocycles. The van der Waals surface area contributed by atoms with Crippen molar-refractivity contribution < 1.29 is 37.6 Å². The average Bonchev–Trinajstić information content (AvgIpc) is 3.56. The zero-order chi connectivity index (χ0) is 25.5. The summed E-state index contributed by atoms with van der Waals surface area (Å²) in [6, 6.07) is 4.13. The number of H-pyrrole nitrogens is 1. The number of halogens is 3. The van der Waals surface area contributed by atoms with Crippen LogP contribution in [0.4, 0.5) is 14.6 Å². The molecule has 3 saturated heterocycles. The molecule has 5 heterocycles. The van der Waals surface area contributed by atoms with Gasteiger partial charge in [-0.3, -0.25) is 0 Å². The Hall–Kier alpha value is -2.77. The summed E-state index contributed by atoms with van der Waals surface area (Å²) >= 11 is 6.35. The first kappa shape index (κ1) is 24.6. The van der Waals surface area contributed by atoms with Crippen LogP contribution in [0.2, 0.25) is 5.02 Å². The van der Waals surface area contributed by atoms with Gasteiger partial charge in [0.15, 0.2) is 11.8 Å². The molecule has 10 nitrogen and oxygen atoms in total. The summed E-state index contributed by atoms with van der Waals surface area (Å²) in [6.45, 7) is 1.38. The van der Waals surface area contributed by atoms with Crippen LogP contribution in [0.1, 0.15) is 18.4 Å². The van der Waals surface area contributed by atoms with Crippen molar-refractivity contribution in [1.82, 2.24) is 15.0 Å². The van der Waals surface area contributed by atoms with Crippen LogP contribution in [0, 0.1) is 11.6 Å². The Balaban J connectivity index is 1.13. The third-order valence-corrected chi connectivity index (χ3v) is 6.96. The van der Waals surface area contributed by atoms with Crippen LogP contribution in [0.25, 0.3) is 11.2 Å². The largest absolute Gasteiger partial charge is 0.490 e. The quantitative estimate of drug-likeness (QED) is 0.417. The first-order valence-electron chi connectivity index (χ1n) is 12.0. The maximum atomic E-state index is 14.7. The number of aromatic nitrogens is 3. The van der Waals surface area contributed by atoms with Crippen molar-refractivity contribution in [2.75, 3.05) is 31.7 Å². The van der Waals surface area contributed by atoms with E-state index in [2.05, 4.69) is 20.3 Å². The predicted molar refractivity (Wildman–Crippen MR) is 127 cm³/mol. The third-order valence-electron chi connectivity index (χ3n) is 6.67. The SMILES string of the molecule is O[C@@H]1CO[C@H]2[C@@H]1OC[C@H]2Oc1nc2nc(NCc3c(F)cc(OC4CCOCC4)cc3F)c(Cl)cc2[nH]1. The van der Waals surface area contributed by atoms with Crippen LogP contribution in [0.3, 0.4) is 0 Å². The van der Waals surface area contributed by atoms with Gasteiger partial charge in [0.1, 0.15) is 47.6 Å². The maximum Gasteiger partial charge on any atom is 0.296 e. The second kappa shape index (κ2) is 10.2. The molecule has 6 rings (SSSR count). The number of fused-ring (bicyclic) bond motifs is 2. The van der Waals surface area contributed by atoms with E-state index in [9.17, 15) is 13.9 Å². The molecule has 0 unspecified atom stereocenters. The molecule has 13 heteroatoms. The number of pyridine rings is 1. The summed E-state index contributed by atoms with van der Waals surface area (Å²) in [5.41, 5.74) is 0.643. The van der Waals surface area contributed by atoms with E-state index >= 15 is 0 Å². The Morgan fingerprint density at radius 2 is 1.81 bits per heavy atom. The molecule has 3 aliphatic rings. The number of imidazole rings is 1. The van der Waals surface area contributed by atoms with Crippen LogP contribution >= 0.6 is 11.6 Å². The van der Waals surface area contributed by atoms with E-state index in [1.165, 1.54) is 12.1 Å². The molecule has 0 aliphatic carbocycles. The van der Waals surface area contributed by atoms with Crippen molar-refractivity contribution in [3.8, 4) is 11.8 Å². The highest BCUT2D eigenvalue weighted by molar-refractivity contribution is 6.33. The van der Waals surface area contributed by atoms with Crippen molar-refractivity contribution in [2.45, 2.75) is 49.9 Å². The monoisotopic (exact) mass is 538 g/mol. The van der Waals surface area contributed by atoms with Gasteiger partial charge >= 0.3 is 0 Å². The molecule has 3 fully saturated rings. The zero-order valence-electron chi connectivity index (χ0n) is 19.6. The first-order chi connectivity index (χ1) is 17.9. The Kier molecular flexibility index (Phi) is 6.76. The number of aliphatic hydroxyl groups is 1. The predicted octanol–water partition coefficient (Wildman–Crippen LogP) is 2.97. The van der Waals surface area contributed by atoms with Crippen molar-refractivity contribution in [3.63, 3.8) is 0 Å². The van der Waals surface area contributed by atoms with Crippen molar-refractivity contribution >= 4 is 28.6 Å². The molecule has 1 aromatic carbocycles. The fourth-order valence-electron chi connectivity index (χ4n) is 4.74. The molecule has 4 atom stereocenters. The molecular formula is C24H25ClF2N4O6. The third kappa shape index (κ3) is 5.04. The van der Waals surface area contributed by atoms with E-state index in [0.29, 0.717) is 37.2 Å². The van der Waals surface area contributed by atoms with E-state index < -0.39 is 36.1 Å². The number of aromatic amines is 1. The highest BCUT2D eigenvalue weighted by Crippen LogP contribution is 2.31. The van der Waals surface area contributed by atoms with Gasteiger partial charge in [-0.25, -0.2) is 13.8 Å². The van der Waals surface area contributed by atoms with Gasteiger partial charge in [-0.2, -0.15) is 4.98 Å². The minimum absolute atomic E-state index is 0.131. The second-order valence-electron chi connectivity index (χ2n) is 9.20. The maximum absolute atomic E-state index is 14.7. The van der Waals surface area contributed by atoms with Gasteiger partial charge in [-0.05, 0) is 6.07 Å². The lowest BCUT2D eigenvalue weighted by molar-refractivity contribution is 0.00706. The van der Waals surface area contributed by atoms with Crippen LogP contribution in [0.15, 0.2) is 18.2 Å². The van der Waals surface area contributed by atoms with Crippen molar-refractivity contribution in [1.29, 1.82) is 0 Å². The highest BCUT2D eigenvalue weighted by atomic mass is 35.5. The van der Waals surface area contributed by atoms with Gasteiger partial charge < -0.3 is 39.1 Å². The number of anilines is 1. The Bertz CT molecular complexity index is 1270. The number of rotatable bonds is 7. The standard InChI is InChI=1S/C24H25ClF2N4O6/c25-14-7-17-23(31-24(29-17)37-19-10-35-20-18(32)9-34-21(19)20)30-22(14)28-8-13-15(26)5-12(6-16(13)27)36-11-1-3-33-4-2-11/h5-7,11,18-21,32H,1-4,8-10H2,(H2,28,29,30,31)/t18-,19-,20-,21-/m1/s1. The number of hydrogen-bond acceptors (Lipinski definition) is 9. The summed E-state index contributed by atoms with van der Waals surface area (Å²) in [7, 11) is 0. The van der Waals surface area contributed by atoms with Crippen LogP contribution in [-0.4, -0.2) is 77.0 Å². The second-order valence-corrected chi connectivity index (χ2v) is 9.61. The van der Waals surface area contributed by atoms with E-state index in [1.807, 2.05) is 0 Å². The van der Waals surface area contributed by atoms with Gasteiger partial charge in [0.2, 0.25) is 0 Å². The Labute approximate surface area is 215 Å². The summed E-state index contributed by atoms with van der Waals surface area (Å²) in [5.74, 6) is -1.12. The van der Waals surface area contributed by atoms with E-state index in [0.717, 1.165) is 0 Å². The molecule has 2 aromatic heterocycles. The highest BCUT2D eigenvalue weighted by Gasteiger charge is 2.48. The van der Waals surface area contributed by atoms with E-state index in [4.69, 9.17) is 35.3 Å². The van der Waals surface area contributed by atoms with Crippen LogP contribution < -0.4 is 14.8 Å². The lowest BCUT2D eigenvalue weighted by Gasteiger charge is -2.23. The topological polar surface area (TPSA) is 120 Å². The molecule has 0 amide bonds. The zero-order valence-corrected chi connectivity index (χ0v) is 20.3. The summed E-state index contributed by atoms with van der Waals surface area (Å²) < 4.78 is 57.5. The molecule has 198 valence electrons. The molecule has 3 aromatic rings. The molecule has 0 saturated carbocycles. The smallest absolute Gasteiger partial charge is 0.296 e. The molecule has 0 spiro atoms. The number of nitrogens with one attached hydrogen (secondary N) is 2. The van der Waals surface area contributed by atoms with Gasteiger partial charge in [0.25, 0.3) is 6.01 Å². The molecule has 3 N–H and O–H groups in total. The van der Waals surface area contributed by atoms with Crippen LogP contribution in [-0.2, 0) is 20.8 Å². The minimum atomic E-state index is -0.737. The average molecular weight is 539 g/mol. The van der Waals surface area contributed by atoms with Gasteiger partial charge in [-0.15, -0.1) is 0 Å². The lowest BCUT2D eigenvalue weighted by Crippen LogP contribution is -2.34. The van der Waals surface area contributed by atoms with Gasteiger partial charge in [0, 0.05) is 37.1 Å². The van der Waals surface area contributed by atoms with Crippen molar-refractivity contribution in [2.24, 2.45) is 0 Å². The lowest BCUT2D eigenvalue weighted by atomic mass is 10.1. The molecular weight excluding hydrogens is 514 g/mol. The number of benzene rings is 1. The minimum Gasteiger partial charge on any atom is -0.490 e. The van der Waals surface area contributed by atoms with Gasteiger partial charge in [0.05, 0.1) is 37.0 Å². The molecule has 37 heavy (non-hydrogen) atoms.